The number of carbonyl (C=O) groups excluding carboxylic acids is 1. The number of amides is 1. The molecule has 0 N–H and O–H groups in total. The van der Waals surface area contributed by atoms with Crippen molar-refractivity contribution < 1.29 is 9.18 Å². The van der Waals surface area contributed by atoms with Crippen LogP contribution in [0.4, 0.5) is 10.2 Å². The number of hydrogen-bond acceptors (Lipinski definition) is 4. The number of aromatic nitrogens is 2. The highest BCUT2D eigenvalue weighted by Crippen LogP contribution is 2.20. The van der Waals surface area contributed by atoms with Crippen molar-refractivity contribution in [2.75, 3.05) is 31.1 Å². The molecule has 0 spiro atoms. The van der Waals surface area contributed by atoms with E-state index in [0.29, 0.717) is 42.5 Å². The van der Waals surface area contributed by atoms with Gasteiger partial charge in [-0.1, -0.05) is 11.6 Å². The summed E-state index contributed by atoms with van der Waals surface area (Å²) in [5, 5.41) is 9.17. The summed E-state index contributed by atoms with van der Waals surface area (Å²) < 4.78 is 13.0. The Morgan fingerprint density at radius 2 is 1.54 bits per heavy atom. The number of nitrogens with zero attached hydrogens (tertiary/aromatic N) is 4. The number of anilines is 1. The van der Waals surface area contributed by atoms with Crippen molar-refractivity contribution in [3.05, 3.63) is 77.1 Å². The molecule has 4 rings (SSSR count). The van der Waals surface area contributed by atoms with E-state index in [1.54, 1.807) is 36.4 Å². The fourth-order valence-corrected chi connectivity index (χ4v) is 3.31. The third-order valence-corrected chi connectivity index (χ3v) is 5.02. The molecule has 1 saturated heterocycles. The van der Waals surface area contributed by atoms with Crippen molar-refractivity contribution in [3.63, 3.8) is 0 Å². The number of benzene rings is 2. The van der Waals surface area contributed by atoms with E-state index >= 15 is 0 Å². The normalized spacial score (nSPS) is 14.2. The van der Waals surface area contributed by atoms with Gasteiger partial charge in [-0.05, 0) is 60.7 Å². The molecule has 2 heterocycles. The Morgan fingerprint density at radius 1 is 0.857 bits per heavy atom. The third kappa shape index (κ3) is 3.97. The fraction of sp³-hybridized carbons (Fsp3) is 0.190. The summed E-state index contributed by atoms with van der Waals surface area (Å²) in [6, 6.07) is 16.9. The summed E-state index contributed by atoms with van der Waals surface area (Å²) >= 11 is 5.89. The van der Waals surface area contributed by atoms with Crippen LogP contribution in [0.5, 0.6) is 0 Å². The number of hydrogen-bond donors (Lipinski definition) is 0. The Morgan fingerprint density at radius 3 is 2.14 bits per heavy atom. The average Bonchev–Trinajstić information content (AvgIpc) is 2.75. The van der Waals surface area contributed by atoms with Gasteiger partial charge in [-0.25, -0.2) is 4.39 Å². The third-order valence-electron chi connectivity index (χ3n) is 4.77. The maximum absolute atomic E-state index is 13.0. The van der Waals surface area contributed by atoms with Crippen LogP contribution in [0, 0.1) is 5.82 Å². The van der Waals surface area contributed by atoms with E-state index in [9.17, 15) is 9.18 Å². The first-order valence-corrected chi connectivity index (χ1v) is 9.37. The van der Waals surface area contributed by atoms with Gasteiger partial charge in [0.2, 0.25) is 0 Å². The van der Waals surface area contributed by atoms with Crippen LogP contribution in [0.3, 0.4) is 0 Å². The van der Waals surface area contributed by atoms with E-state index in [1.165, 1.54) is 12.1 Å². The maximum Gasteiger partial charge on any atom is 0.253 e. The van der Waals surface area contributed by atoms with E-state index in [2.05, 4.69) is 15.1 Å². The van der Waals surface area contributed by atoms with Crippen LogP contribution in [0.25, 0.3) is 11.3 Å². The molecule has 28 heavy (non-hydrogen) atoms. The molecule has 1 fully saturated rings. The molecular weight excluding hydrogens is 379 g/mol. The van der Waals surface area contributed by atoms with E-state index < -0.39 is 0 Å². The molecule has 0 aliphatic carbocycles. The van der Waals surface area contributed by atoms with Crippen molar-refractivity contribution in [2.45, 2.75) is 0 Å². The lowest BCUT2D eigenvalue weighted by Crippen LogP contribution is -2.49. The summed E-state index contributed by atoms with van der Waals surface area (Å²) in [6.07, 6.45) is 0. The van der Waals surface area contributed by atoms with Gasteiger partial charge < -0.3 is 9.80 Å². The first-order chi connectivity index (χ1) is 13.6. The monoisotopic (exact) mass is 396 g/mol. The predicted molar refractivity (Wildman–Crippen MR) is 107 cm³/mol. The highest BCUT2D eigenvalue weighted by atomic mass is 35.5. The van der Waals surface area contributed by atoms with E-state index in [0.717, 1.165) is 11.4 Å². The van der Waals surface area contributed by atoms with E-state index in [1.807, 2.05) is 17.0 Å². The molecular formula is C21H18ClFN4O. The molecule has 142 valence electrons. The van der Waals surface area contributed by atoms with E-state index in [4.69, 9.17) is 11.6 Å². The molecule has 1 aliphatic heterocycles. The first-order valence-electron chi connectivity index (χ1n) is 8.99. The van der Waals surface area contributed by atoms with Gasteiger partial charge in [0.1, 0.15) is 5.82 Å². The Kier molecular flexibility index (Phi) is 5.21. The zero-order valence-electron chi connectivity index (χ0n) is 15.1. The van der Waals surface area contributed by atoms with Crippen LogP contribution in [0.2, 0.25) is 5.02 Å². The lowest BCUT2D eigenvalue weighted by Gasteiger charge is -2.35. The predicted octanol–water partition coefficient (Wildman–Crippen LogP) is 3.90. The Labute approximate surface area is 167 Å². The van der Waals surface area contributed by atoms with Gasteiger partial charge in [-0.15, -0.1) is 10.2 Å². The van der Waals surface area contributed by atoms with Gasteiger partial charge in [0.15, 0.2) is 5.82 Å². The van der Waals surface area contributed by atoms with Crippen LogP contribution < -0.4 is 4.90 Å². The standard InChI is InChI=1S/C21H18ClFN4O/c22-17-5-1-16(2-6-17)21(28)27-13-11-26(12-14-27)20-10-9-19(24-25-20)15-3-7-18(23)8-4-15/h1-10H,11-14H2. The highest BCUT2D eigenvalue weighted by molar-refractivity contribution is 6.30. The molecule has 5 nitrogen and oxygen atoms in total. The lowest BCUT2D eigenvalue weighted by atomic mass is 10.1. The number of piperazine rings is 1. The molecule has 1 aliphatic rings. The largest absolute Gasteiger partial charge is 0.352 e. The average molecular weight is 397 g/mol. The topological polar surface area (TPSA) is 49.3 Å². The minimum Gasteiger partial charge on any atom is -0.352 e. The quantitative estimate of drug-likeness (QED) is 0.673. The lowest BCUT2D eigenvalue weighted by molar-refractivity contribution is 0.0746. The van der Waals surface area contributed by atoms with Gasteiger partial charge in [0.25, 0.3) is 5.91 Å². The van der Waals surface area contributed by atoms with Crippen LogP contribution in [0.1, 0.15) is 10.4 Å². The fourth-order valence-electron chi connectivity index (χ4n) is 3.18. The zero-order chi connectivity index (χ0) is 19.5. The molecule has 1 aromatic heterocycles. The molecule has 0 radical (unpaired) electrons. The number of rotatable bonds is 3. The van der Waals surface area contributed by atoms with Crippen LogP contribution >= 0.6 is 11.6 Å². The van der Waals surface area contributed by atoms with Crippen molar-refractivity contribution in [1.82, 2.24) is 15.1 Å². The van der Waals surface area contributed by atoms with Crippen molar-refractivity contribution in [2.24, 2.45) is 0 Å². The summed E-state index contributed by atoms with van der Waals surface area (Å²) in [4.78, 5) is 16.5. The summed E-state index contributed by atoms with van der Waals surface area (Å²) in [6.45, 7) is 2.60. The van der Waals surface area contributed by atoms with Gasteiger partial charge in [0.05, 0.1) is 5.69 Å². The van der Waals surface area contributed by atoms with Crippen LogP contribution in [-0.4, -0.2) is 47.2 Å². The smallest absolute Gasteiger partial charge is 0.253 e. The second kappa shape index (κ2) is 7.94. The number of carbonyl (C=O) groups is 1. The van der Waals surface area contributed by atoms with Gasteiger partial charge in [-0.2, -0.15) is 0 Å². The molecule has 7 heteroatoms. The zero-order valence-corrected chi connectivity index (χ0v) is 15.8. The molecule has 0 bridgehead atoms. The van der Waals surface area contributed by atoms with Gasteiger partial charge >= 0.3 is 0 Å². The minimum absolute atomic E-state index is 0.00839. The molecule has 3 aromatic rings. The minimum atomic E-state index is -0.278. The SMILES string of the molecule is O=C(c1ccc(Cl)cc1)N1CCN(c2ccc(-c3ccc(F)cc3)nn2)CC1. The highest BCUT2D eigenvalue weighted by Gasteiger charge is 2.23. The van der Waals surface area contributed by atoms with Gasteiger partial charge in [-0.3, -0.25) is 4.79 Å². The van der Waals surface area contributed by atoms with Crippen molar-refractivity contribution in [1.29, 1.82) is 0 Å². The van der Waals surface area contributed by atoms with Crippen LogP contribution in [0.15, 0.2) is 60.7 Å². The summed E-state index contributed by atoms with van der Waals surface area (Å²) in [5.74, 6) is 0.498. The van der Waals surface area contributed by atoms with E-state index in [-0.39, 0.29) is 11.7 Å². The maximum atomic E-state index is 13.0. The Bertz CT molecular complexity index is 953. The molecule has 2 aromatic carbocycles. The molecule has 0 saturated carbocycles. The van der Waals surface area contributed by atoms with Gasteiger partial charge in [0, 0.05) is 42.3 Å². The second-order valence-electron chi connectivity index (χ2n) is 6.57. The summed E-state index contributed by atoms with van der Waals surface area (Å²) in [5.41, 5.74) is 2.15. The first kappa shape index (κ1) is 18.4. The molecule has 0 atom stereocenters. The molecule has 0 unspecified atom stereocenters. The molecule has 1 amide bonds. The van der Waals surface area contributed by atoms with Crippen molar-refractivity contribution >= 4 is 23.3 Å². The van der Waals surface area contributed by atoms with Crippen molar-refractivity contribution in [3.8, 4) is 11.3 Å². The second-order valence-corrected chi connectivity index (χ2v) is 7.01. The Balaban J connectivity index is 1.39. The Hall–Kier alpha value is -2.99. The van der Waals surface area contributed by atoms with Crippen LogP contribution in [-0.2, 0) is 0 Å². The number of halogens is 2. The summed E-state index contributed by atoms with van der Waals surface area (Å²) in [7, 11) is 0.